The summed E-state index contributed by atoms with van der Waals surface area (Å²) in [6.45, 7) is 3.95. The predicted octanol–water partition coefficient (Wildman–Crippen LogP) is 1.47. The first kappa shape index (κ1) is 13.5. The lowest BCUT2D eigenvalue weighted by atomic mass is 9.92. The topological polar surface area (TPSA) is 83.5 Å². The summed E-state index contributed by atoms with van der Waals surface area (Å²) in [4.78, 5) is 10.8. The maximum atomic E-state index is 10.8. The zero-order chi connectivity index (χ0) is 13.0. The van der Waals surface area contributed by atoms with Crippen LogP contribution in [-0.2, 0) is 24.1 Å². The van der Waals surface area contributed by atoms with Crippen LogP contribution in [0.15, 0.2) is 12.1 Å². The van der Waals surface area contributed by atoms with Crippen molar-refractivity contribution < 1.29 is 15.0 Å². The largest absolute Gasteiger partial charge is 0.508 e. The SMILES string of the molecule is CCc1cc(O)cc(CC)c1CC(N)C(=O)O. The first-order chi connectivity index (χ1) is 7.99. The lowest BCUT2D eigenvalue weighted by Gasteiger charge is -2.16. The molecule has 0 saturated carbocycles. The second-order valence-corrected chi connectivity index (χ2v) is 4.10. The molecule has 0 spiro atoms. The summed E-state index contributed by atoms with van der Waals surface area (Å²) in [5.74, 6) is -0.770. The molecule has 94 valence electrons. The van der Waals surface area contributed by atoms with Crippen molar-refractivity contribution in [1.82, 2.24) is 0 Å². The van der Waals surface area contributed by atoms with Gasteiger partial charge in [-0.3, -0.25) is 4.79 Å². The van der Waals surface area contributed by atoms with Crippen LogP contribution < -0.4 is 5.73 Å². The molecule has 0 aromatic heterocycles. The number of phenols is 1. The summed E-state index contributed by atoms with van der Waals surface area (Å²) < 4.78 is 0. The molecule has 1 unspecified atom stereocenters. The maximum absolute atomic E-state index is 10.8. The highest BCUT2D eigenvalue weighted by Gasteiger charge is 2.17. The van der Waals surface area contributed by atoms with E-state index in [1.807, 2.05) is 13.8 Å². The monoisotopic (exact) mass is 237 g/mol. The number of carboxylic acid groups (broad SMARTS) is 1. The Balaban J connectivity index is 3.15. The molecule has 17 heavy (non-hydrogen) atoms. The van der Waals surface area contributed by atoms with Crippen LogP contribution in [0.3, 0.4) is 0 Å². The molecular formula is C13H19NO3. The Morgan fingerprint density at radius 2 is 1.76 bits per heavy atom. The summed E-state index contributed by atoms with van der Waals surface area (Å²) in [7, 11) is 0. The van der Waals surface area contributed by atoms with Crippen molar-refractivity contribution in [3.63, 3.8) is 0 Å². The minimum atomic E-state index is -0.998. The maximum Gasteiger partial charge on any atom is 0.320 e. The molecule has 0 fully saturated rings. The van der Waals surface area contributed by atoms with Crippen molar-refractivity contribution in [3.8, 4) is 5.75 Å². The molecule has 0 aliphatic rings. The Morgan fingerprint density at radius 3 is 2.12 bits per heavy atom. The van der Waals surface area contributed by atoms with Gasteiger partial charge >= 0.3 is 5.97 Å². The van der Waals surface area contributed by atoms with Gasteiger partial charge in [-0.2, -0.15) is 0 Å². The van der Waals surface area contributed by atoms with Crippen LogP contribution >= 0.6 is 0 Å². The normalized spacial score (nSPS) is 12.4. The number of carboxylic acids is 1. The standard InChI is InChI=1S/C13H19NO3/c1-3-8-5-10(15)6-9(4-2)11(8)7-12(14)13(16)17/h5-6,12,15H,3-4,7,14H2,1-2H3,(H,16,17). The Hall–Kier alpha value is -1.55. The summed E-state index contributed by atoms with van der Waals surface area (Å²) in [5, 5.41) is 18.4. The molecule has 4 N–H and O–H groups in total. The minimum Gasteiger partial charge on any atom is -0.508 e. The third kappa shape index (κ3) is 3.20. The van der Waals surface area contributed by atoms with Gasteiger partial charge in [0.1, 0.15) is 11.8 Å². The Bertz CT molecular complexity index is 390. The zero-order valence-corrected chi connectivity index (χ0v) is 10.2. The van der Waals surface area contributed by atoms with Gasteiger partial charge in [0.25, 0.3) is 0 Å². The number of aliphatic carboxylic acids is 1. The molecular weight excluding hydrogens is 218 g/mol. The van der Waals surface area contributed by atoms with Gasteiger partial charge in [-0.1, -0.05) is 13.8 Å². The Kier molecular flexibility index (Phi) is 4.52. The molecule has 1 rings (SSSR count). The van der Waals surface area contributed by atoms with Crippen LogP contribution in [0.5, 0.6) is 5.75 Å². The van der Waals surface area contributed by atoms with Crippen molar-refractivity contribution in [1.29, 1.82) is 0 Å². The molecule has 1 aromatic rings. The summed E-state index contributed by atoms with van der Waals surface area (Å²) in [6.07, 6.45) is 1.81. The van der Waals surface area contributed by atoms with Crippen LogP contribution in [0, 0.1) is 0 Å². The van der Waals surface area contributed by atoms with E-state index in [2.05, 4.69) is 0 Å². The van der Waals surface area contributed by atoms with E-state index in [1.165, 1.54) is 0 Å². The van der Waals surface area contributed by atoms with Crippen molar-refractivity contribution in [2.45, 2.75) is 39.2 Å². The third-order valence-electron chi connectivity index (χ3n) is 2.92. The Morgan fingerprint density at radius 1 is 1.29 bits per heavy atom. The molecule has 0 bridgehead atoms. The number of hydrogen-bond acceptors (Lipinski definition) is 3. The smallest absolute Gasteiger partial charge is 0.320 e. The third-order valence-corrected chi connectivity index (χ3v) is 2.92. The van der Waals surface area contributed by atoms with E-state index < -0.39 is 12.0 Å². The summed E-state index contributed by atoms with van der Waals surface area (Å²) in [5.41, 5.74) is 8.47. The molecule has 0 aliphatic carbocycles. The van der Waals surface area contributed by atoms with E-state index in [-0.39, 0.29) is 5.75 Å². The lowest BCUT2D eigenvalue weighted by molar-refractivity contribution is -0.138. The van der Waals surface area contributed by atoms with Crippen LogP contribution in [0.2, 0.25) is 0 Å². The highest BCUT2D eigenvalue weighted by Crippen LogP contribution is 2.24. The van der Waals surface area contributed by atoms with Gasteiger partial charge in [-0.15, -0.1) is 0 Å². The number of nitrogens with two attached hydrogens (primary N) is 1. The van der Waals surface area contributed by atoms with E-state index >= 15 is 0 Å². The molecule has 0 radical (unpaired) electrons. The molecule has 1 aromatic carbocycles. The fraction of sp³-hybridized carbons (Fsp3) is 0.462. The second kappa shape index (κ2) is 5.68. The Labute approximate surface area is 101 Å². The first-order valence-corrected chi connectivity index (χ1v) is 5.81. The molecule has 0 aliphatic heterocycles. The van der Waals surface area contributed by atoms with Gasteiger partial charge in [-0.05, 0) is 48.1 Å². The van der Waals surface area contributed by atoms with E-state index in [0.717, 1.165) is 29.5 Å². The summed E-state index contributed by atoms with van der Waals surface area (Å²) >= 11 is 0. The van der Waals surface area contributed by atoms with Gasteiger partial charge in [-0.25, -0.2) is 0 Å². The number of hydrogen-bond donors (Lipinski definition) is 3. The number of aromatic hydroxyl groups is 1. The van der Waals surface area contributed by atoms with Gasteiger partial charge < -0.3 is 15.9 Å². The highest BCUT2D eigenvalue weighted by molar-refractivity contribution is 5.73. The molecule has 0 saturated heterocycles. The fourth-order valence-electron chi connectivity index (χ4n) is 1.98. The quantitative estimate of drug-likeness (QED) is 0.724. The van der Waals surface area contributed by atoms with Gasteiger partial charge in [0.2, 0.25) is 0 Å². The van der Waals surface area contributed by atoms with Crippen LogP contribution in [-0.4, -0.2) is 22.2 Å². The molecule has 4 nitrogen and oxygen atoms in total. The van der Waals surface area contributed by atoms with E-state index in [0.29, 0.717) is 6.42 Å². The second-order valence-electron chi connectivity index (χ2n) is 4.10. The molecule has 1 atom stereocenters. The van der Waals surface area contributed by atoms with Crippen molar-refractivity contribution in [2.24, 2.45) is 5.73 Å². The van der Waals surface area contributed by atoms with E-state index in [1.54, 1.807) is 12.1 Å². The highest BCUT2D eigenvalue weighted by atomic mass is 16.4. The van der Waals surface area contributed by atoms with E-state index in [9.17, 15) is 9.90 Å². The minimum absolute atomic E-state index is 0.228. The van der Waals surface area contributed by atoms with Gasteiger partial charge in [0.15, 0.2) is 0 Å². The van der Waals surface area contributed by atoms with Crippen LogP contribution in [0.1, 0.15) is 30.5 Å². The van der Waals surface area contributed by atoms with Crippen molar-refractivity contribution in [2.75, 3.05) is 0 Å². The zero-order valence-electron chi connectivity index (χ0n) is 10.2. The van der Waals surface area contributed by atoms with Crippen LogP contribution in [0.25, 0.3) is 0 Å². The summed E-state index contributed by atoms with van der Waals surface area (Å²) in [6, 6.07) is 2.47. The van der Waals surface area contributed by atoms with E-state index in [4.69, 9.17) is 10.8 Å². The fourth-order valence-corrected chi connectivity index (χ4v) is 1.98. The van der Waals surface area contributed by atoms with Gasteiger partial charge in [0, 0.05) is 0 Å². The average Bonchev–Trinajstić information content (AvgIpc) is 2.30. The predicted molar refractivity (Wildman–Crippen MR) is 66.2 cm³/mol. The number of rotatable bonds is 5. The van der Waals surface area contributed by atoms with Gasteiger partial charge in [0.05, 0.1) is 0 Å². The molecule has 0 amide bonds. The van der Waals surface area contributed by atoms with Crippen molar-refractivity contribution >= 4 is 5.97 Å². The van der Waals surface area contributed by atoms with Crippen molar-refractivity contribution in [3.05, 3.63) is 28.8 Å². The molecule has 4 heteroatoms. The van der Waals surface area contributed by atoms with Crippen LogP contribution in [0.4, 0.5) is 0 Å². The number of phenolic OH excluding ortho intramolecular Hbond substituents is 1. The average molecular weight is 237 g/mol. The first-order valence-electron chi connectivity index (χ1n) is 5.81. The number of carbonyl (C=O) groups is 1. The number of benzene rings is 1. The molecule has 0 heterocycles. The number of aryl methyl sites for hydroxylation is 2. The lowest BCUT2D eigenvalue weighted by Crippen LogP contribution is -2.33.